The monoisotopic (exact) mass is 2170 g/mol. The highest BCUT2D eigenvalue weighted by Gasteiger charge is 2.38. The number of halogens is 2. The number of nitrogens with zero attached hydrogens (tertiary/aromatic N) is 12. The largest absolute Gasteiger partial charge is 0.444 e. The number of imide groups is 4. The van der Waals surface area contributed by atoms with Gasteiger partial charge in [0.05, 0.1) is 114 Å². The Balaban J connectivity index is 0.000000192. The molecule has 11 amide bonds. The number of aryl methyl sites for hydroxylation is 6. The van der Waals surface area contributed by atoms with Gasteiger partial charge < -0.3 is 59.6 Å². The molecule has 9 N–H and O–H groups in total. The maximum Gasteiger partial charge on any atom is 0.407 e. The van der Waals surface area contributed by atoms with Gasteiger partial charge in [0.2, 0.25) is 47.3 Å². The Labute approximate surface area is 882 Å². The minimum Gasteiger partial charge on any atom is -0.444 e. The topological polar surface area (TPSA) is 493 Å². The number of alkyl carbamates (subject to hydrolysis) is 3. The van der Waals surface area contributed by atoms with Crippen molar-refractivity contribution < 1.29 is 90.6 Å². The van der Waals surface area contributed by atoms with Gasteiger partial charge in [-0.1, -0.05) is 54.2 Å². The minimum atomic E-state index is -0.739. The van der Waals surface area contributed by atoms with Gasteiger partial charge in [-0.25, -0.2) is 33.6 Å². The molecule has 0 radical (unpaired) electrons. The molecular formula is C103H145BrClN20O23P. The number of amides is 11. The summed E-state index contributed by atoms with van der Waals surface area (Å²) in [6.07, 6.45) is 11.9. The number of carbonyl (C=O) groups excluding carboxylic acids is 11. The first-order chi connectivity index (χ1) is 70.0. The molecule has 0 bridgehead atoms. The van der Waals surface area contributed by atoms with Crippen molar-refractivity contribution in [3.05, 3.63) is 136 Å². The second-order valence-electron chi connectivity index (χ2n) is 40.5. The summed E-state index contributed by atoms with van der Waals surface area (Å²) >= 11 is 3.42. The second-order valence-corrected chi connectivity index (χ2v) is 41.4. The van der Waals surface area contributed by atoms with Crippen LogP contribution in [0.4, 0.5) is 14.4 Å². The quantitative estimate of drug-likeness (QED) is 0.0191. The Kier molecular flexibility index (Phi) is 43.8. The number of hydrogen-bond donors (Lipinski definition) is 8. The van der Waals surface area contributed by atoms with Gasteiger partial charge in [0.1, 0.15) is 41.0 Å². The zero-order valence-corrected chi connectivity index (χ0v) is 91.2. The van der Waals surface area contributed by atoms with Gasteiger partial charge in [0.15, 0.2) is 0 Å². The van der Waals surface area contributed by atoms with E-state index in [2.05, 4.69) is 90.5 Å². The van der Waals surface area contributed by atoms with E-state index in [-0.39, 0.29) is 125 Å². The number of nitrogens with one attached hydrogen (secondary N) is 7. The number of nitrogens with two attached hydrogens (primary N) is 1. The van der Waals surface area contributed by atoms with E-state index in [9.17, 15) is 71.9 Å². The Morgan fingerprint density at radius 1 is 0.430 bits per heavy atom. The van der Waals surface area contributed by atoms with Gasteiger partial charge in [-0.05, 0) is 203 Å². The third kappa shape index (κ3) is 32.6. The van der Waals surface area contributed by atoms with Gasteiger partial charge in [-0.15, -0.1) is 18.8 Å². The first-order valence-corrected chi connectivity index (χ1v) is 51.0. The van der Waals surface area contributed by atoms with E-state index in [1.165, 1.54) is 40.2 Å². The Morgan fingerprint density at radius 2 is 0.738 bits per heavy atom. The zero-order valence-electron chi connectivity index (χ0n) is 87.4. The van der Waals surface area contributed by atoms with Gasteiger partial charge >= 0.3 is 41.0 Å². The summed E-state index contributed by atoms with van der Waals surface area (Å²) in [5.74, 6) is 6.04. The molecule has 9 aliphatic heterocycles. The molecule has 0 aliphatic carbocycles. The Hall–Kier alpha value is -11.8. The number of rotatable bonds is 21. The first-order valence-electron chi connectivity index (χ1n) is 50.2. The molecule has 4 aromatic heterocycles. The van der Waals surface area contributed by atoms with E-state index >= 15 is 0 Å². The fraction of sp³-hybridized carbons (Fsp3) is 0.583. The number of benzene rings is 4. The maximum absolute atomic E-state index is 13.1. The molecule has 149 heavy (non-hydrogen) atoms. The highest BCUT2D eigenvalue weighted by Crippen LogP contribution is 2.32. The number of hydrogen-bond acceptors (Lipinski definition) is 28. The molecule has 814 valence electrons. The van der Waals surface area contributed by atoms with Crippen LogP contribution in [-0.4, -0.2) is 307 Å². The van der Waals surface area contributed by atoms with Crippen LogP contribution in [0.25, 0.3) is 44.1 Å². The van der Waals surface area contributed by atoms with E-state index in [1.807, 2.05) is 117 Å². The van der Waals surface area contributed by atoms with E-state index in [1.54, 1.807) is 55.5 Å². The summed E-state index contributed by atoms with van der Waals surface area (Å²) in [5, 5.41) is 17.5. The molecule has 9 atom stereocenters. The lowest BCUT2D eigenvalue weighted by Crippen LogP contribution is -2.48. The van der Waals surface area contributed by atoms with Gasteiger partial charge in [0.25, 0.3) is 0 Å². The van der Waals surface area contributed by atoms with Gasteiger partial charge in [0, 0.05) is 150 Å². The van der Waals surface area contributed by atoms with Crippen LogP contribution in [0.2, 0.25) is 0 Å². The number of fused-ring (bicyclic) bond motifs is 4. The van der Waals surface area contributed by atoms with Crippen molar-refractivity contribution in [1.29, 1.82) is 0 Å². The van der Waals surface area contributed by atoms with E-state index < -0.39 is 82.9 Å². The molecule has 4 aromatic carbocycles. The SMILES string of the molecule is C#CCN1CCO[C@H](CNC(=O)OC(C)(C)C)C1.C1CCOC1.Cl.Cn1c(=O)n(C2CCC(=O)NC2=O)c2cccc(Br)c21.Cn1c(=O)n(C2CCC(=O)NC2=O)c2cccc(C#CCN3CCO[C@H](CNC(=O)OC(C)(C)C)C3)c21.Cn1c(=O)n(C2CCC(=O)NC2=O)c2cccc(CCCN3CCO[C@H](CN)C3)c21.Cn1c(=O)n(C2CCC(=O)NC2=O)c2cccc(CCCN3CCO[C@H](CNC(=O)OC(C)(C)C)C3)c21.P. The van der Waals surface area contributed by atoms with Crippen LogP contribution in [0.3, 0.4) is 0 Å². The summed E-state index contributed by atoms with van der Waals surface area (Å²) in [6, 6.07) is 19.8. The molecular weight excluding hydrogens is 2030 g/mol. The van der Waals surface area contributed by atoms with Crippen LogP contribution in [0, 0.1) is 24.2 Å². The van der Waals surface area contributed by atoms with Gasteiger partial charge in [-0.2, -0.15) is 9.90 Å². The van der Waals surface area contributed by atoms with Crippen molar-refractivity contribution in [3.63, 3.8) is 0 Å². The summed E-state index contributed by atoms with van der Waals surface area (Å²) in [4.78, 5) is 191. The van der Waals surface area contributed by atoms with Crippen molar-refractivity contribution >= 4 is 148 Å². The fourth-order valence-corrected chi connectivity index (χ4v) is 19.6. The maximum atomic E-state index is 13.1. The molecule has 8 aromatic rings. The van der Waals surface area contributed by atoms with Crippen LogP contribution in [0.1, 0.15) is 180 Å². The number of morpholine rings is 4. The van der Waals surface area contributed by atoms with Crippen molar-refractivity contribution in [2.24, 2.45) is 33.9 Å². The van der Waals surface area contributed by atoms with Crippen LogP contribution in [0.15, 0.2) is 96.4 Å². The molecule has 5 unspecified atom stereocenters. The highest BCUT2D eigenvalue weighted by atomic mass is 79.9. The van der Waals surface area contributed by atoms with E-state index in [4.69, 9.17) is 50.1 Å². The van der Waals surface area contributed by atoms with Crippen molar-refractivity contribution in [2.75, 3.05) is 144 Å². The number of imidazole rings is 4. The van der Waals surface area contributed by atoms with Crippen LogP contribution >= 0.6 is 38.2 Å². The van der Waals surface area contributed by atoms with Crippen LogP contribution in [0.5, 0.6) is 0 Å². The second kappa shape index (κ2) is 54.8. The van der Waals surface area contributed by atoms with Gasteiger partial charge in [-0.3, -0.25) is 116 Å². The standard InChI is InChI=1S/C26H37N5O6.C26H33N5O6.C21H29N5O4.C13H12BrN3O3.C13H22N2O3.C4H8O.ClH.H3P/c2*1-26(2,3)37-24(34)27-15-18-16-30(13-14-36-18)12-6-8-17-7-5-9-19-22(17)29(4)25(35)31(19)20-10-11-21(32)28-23(20)33;1-24-19-14(5-3-9-25-10-11-30-15(12-22)13-25)4-2-6-16(19)26(21(24)29)17-7-8-18(27)23-20(17)28;1-16-11-7(14)3-2-4-8(11)17(13(16)20)9-5-6-10(18)15-12(9)19;1-5-6-15-7-8-17-11(10-15)9-14-12(16)18-13(2,3)4;1-2-4-5-3-1;;/h5,7,9,18,20H,6,8,10-16H2,1-4H3,(H,27,34)(H,28,32,33);5,7,9,18,20H,10-16H2,1-4H3,(H,27,34)(H,28,32,33);2,4,6,15,17H,3,5,7-13,22H2,1H3,(H,23,27,28);2-4,9H,5-6H2,1H3,(H,15,18,19);1,11H,6-10H2,2-4H3,(H,14,16);1-4H2;1H;1H3/t2*18-,20?;15-,17?;;11-;;;/m111.1.../s1. The zero-order chi connectivity index (χ0) is 106. The number of ether oxygens (including phenoxy) is 8. The predicted molar refractivity (Wildman–Crippen MR) is 569 cm³/mol. The molecule has 43 nitrogen and oxygen atoms in total. The molecule has 17 rings (SSSR count). The van der Waals surface area contributed by atoms with E-state index in [0.29, 0.717) is 132 Å². The Bertz CT molecular complexity index is 6470. The lowest BCUT2D eigenvalue weighted by molar-refractivity contribution is -0.137. The molecule has 0 saturated carbocycles. The normalized spacial score (nSPS) is 21.0. The molecule has 9 fully saturated rings. The summed E-state index contributed by atoms with van der Waals surface area (Å²) in [7, 11) is 6.78. The van der Waals surface area contributed by atoms with E-state index in [0.717, 1.165) is 122 Å². The predicted octanol–water partition coefficient (Wildman–Crippen LogP) is 5.48. The van der Waals surface area contributed by atoms with Crippen molar-refractivity contribution in [2.45, 2.75) is 218 Å². The van der Waals surface area contributed by atoms with Crippen LogP contribution in [-0.2, 0) is 117 Å². The summed E-state index contributed by atoms with van der Waals surface area (Å²) in [5.41, 5.74) is 11.7. The molecule has 0 spiro atoms. The molecule has 9 aliphatic rings. The third-order valence-electron chi connectivity index (χ3n) is 25.9. The number of piperidine rings is 4. The third-order valence-corrected chi connectivity index (χ3v) is 26.5. The highest BCUT2D eigenvalue weighted by molar-refractivity contribution is 9.10. The van der Waals surface area contributed by atoms with Crippen LogP contribution < -0.4 is 65.7 Å². The molecule has 46 heteroatoms. The Morgan fingerprint density at radius 3 is 1.08 bits per heavy atom. The minimum absolute atomic E-state index is 0. The number of carbonyl (C=O) groups is 11. The molecule has 9 saturated heterocycles. The smallest absolute Gasteiger partial charge is 0.407 e. The number of aromatic nitrogens is 8. The summed E-state index contributed by atoms with van der Waals surface area (Å²) < 4.78 is 56.4. The fourth-order valence-electron chi connectivity index (χ4n) is 19.0. The number of terminal acetylenes is 1. The van der Waals surface area contributed by atoms with Crippen molar-refractivity contribution in [1.82, 2.24) is 93.4 Å². The first kappa shape index (κ1) is 119. The average Bonchev–Trinajstić information content (AvgIpc) is 1.60. The van der Waals surface area contributed by atoms with Crippen molar-refractivity contribution in [3.8, 4) is 24.2 Å². The number of para-hydroxylation sites is 4. The lowest BCUT2D eigenvalue weighted by atomic mass is 10.0. The lowest BCUT2D eigenvalue weighted by Gasteiger charge is -2.33. The molecule has 13 heterocycles. The average molecular weight is 2180 g/mol. The summed E-state index contributed by atoms with van der Waals surface area (Å²) in [6.45, 7) is 31.7.